The molecule has 0 spiro atoms. The predicted molar refractivity (Wildman–Crippen MR) is 62.5 cm³/mol. The molecule has 1 heterocycles. The van der Waals surface area contributed by atoms with Gasteiger partial charge in [-0.1, -0.05) is 6.92 Å². The second-order valence-electron chi connectivity index (χ2n) is 4.06. The van der Waals surface area contributed by atoms with Gasteiger partial charge in [-0.3, -0.25) is 0 Å². The standard InChI is InChI=1S/C10H20N2OS/c1-4-6-11-9(14)12-10(3)5-7-13-8(10)2/h8H,4-7H2,1-3H3,(H2,11,12,14). The summed E-state index contributed by atoms with van der Waals surface area (Å²) < 4.78 is 5.52. The van der Waals surface area contributed by atoms with E-state index in [2.05, 4.69) is 31.4 Å². The quantitative estimate of drug-likeness (QED) is 0.699. The third kappa shape index (κ3) is 2.82. The third-order valence-electron chi connectivity index (χ3n) is 2.82. The summed E-state index contributed by atoms with van der Waals surface area (Å²) in [5.74, 6) is 0. The molecule has 1 rings (SSSR count). The van der Waals surface area contributed by atoms with Gasteiger partial charge >= 0.3 is 0 Å². The Labute approximate surface area is 91.6 Å². The highest BCUT2D eigenvalue weighted by atomic mass is 32.1. The summed E-state index contributed by atoms with van der Waals surface area (Å²) in [7, 11) is 0. The summed E-state index contributed by atoms with van der Waals surface area (Å²) in [6, 6.07) is 0. The fourth-order valence-corrected chi connectivity index (χ4v) is 1.88. The Morgan fingerprint density at radius 3 is 2.86 bits per heavy atom. The zero-order valence-electron chi connectivity index (χ0n) is 9.22. The van der Waals surface area contributed by atoms with E-state index >= 15 is 0 Å². The van der Waals surface area contributed by atoms with Crippen LogP contribution in [0.15, 0.2) is 0 Å². The van der Waals surface area contributed by atoms with Crippen molar-refractivity contribution >= 4 is 17.3 Å². The van der Waals surface area contributed by atoms with E-state index < -0.39 is 0 Å². The average molecular weight is 216 g/mol. The van der Waals surface area contributed by atoms with Gasteiger partial charge in [-0.15, -0.1) is 0 Å². The Balaban J connectivity index is 2.38. The lowest BCUT2D eigenvalue weighted by molar-refractivity contribution is 0.0947. The first-order valence-electron chi connectivity index (χ1n) is 5.26. The molecule has 0 aliphatic carbocycles. The van der Waals surface area contributed by atoms with Gasteiger partial charge in [-0.2, -0.15) is 0 Å². The first-order chi connectivity index (χ1) is 6.58. The minimum Gasteiger partial charge on any atom is -0.376 e. The van der Waals surface area contributed by atoms with E-state index in [4.69, 9.17) is 17.0 Å². The molecule has 0 radical (unpaired) electrons. The van der Waals surface area contributed by atoms with Crippen molar-refractivity contribution in [3.05, 3.63) is 0 Å². The summed E-state index contributed by atoms with van der Waals surface area (Å²) in [4.78, 5) is 0. The fraction of sp³-hybridized carbons (Fsp3) is 0.900. The molecule has 1 saturated heterocycles. The van der Waals surface area contributed by atoms with Crippen LogP contribution in [0.3, 0.4) is 0 Å². The summed E-state index contributed by atoms with van der Waals surface area (Å²) in [6.45, 7) is 8.11. The monoisotopic (exact) mass is 216 g/mol. The molecule has 82 valence electrons. The van der Waals surface area contributed by atoms with Gasteiger partial charge in [-0.25, -0.2) is 0 Å². The van der Waals surface area contributed by atoms with Gasteiger partial charge in [0, 0.05) is 13.2 Å². The maximum atomic E-state index is 5.52. The zero-order chi connectivity index (χ0) is 10.6. The largest absolute Gasteiger partial charge is 0.376 e. The van der Waals surface area contributed by atoms with Crippen LogP contribution in [0.2, 0.25) is 0 Å². The van der Waals surface area contributed by atoms with Crippen molar-refractivity contribution in [3.8, 4) is 0 Å². The molecule has 0 bridgehead atoms. The second-order valence-corrected chi connectivity index (χ2v) is 4.47. The van der Waals surface area contributed by atoms with E-state index in [-0.39, 0.29) is 11.6 Å². The number of hydrogen-bond donors (Lipinski definition) is 2. The van der Waals surface area contributed by atoms with Crippen LogP contribution in [0.5, 0.6) is 0 Å². The smallest absolute Gasteiger partial charge is 0.166 e. The Morgan fingerprint density at radius 1 is 1.64 bits per heavy atom. The minimum absolute atomic E-state index is 0.00216. The number of rotatable bonds is 3. The molecule has 2 N–H and O–H groups in total. The normalized spacial score (nSPS) is 31.5. The van der Waals surface area contributed by atoms with Crippen molar-refractivity contribution in [1.82, 2.24) is 10.6 Å². The van der Waals surface area contributed by atoms with Crippen molar-refractivity contribution in [2.45, 2.75) is 45.3 Å². The number of thiocarbonyl (C=S) groups is 1. The van der Waals surface area contributed by atoms with E-state index in [1.165, 1.54) is 0 Å². The molecule has 0 aromatic rings. The summed E-state index contributed by atoms with van der Waals surface area (Å²) in [5.41, 5.74) is -0.00216. The lowest BCUT2D eigenvalue weighted by Crippen LogP contribution is -2.53. The van der Waals surface area contributed by atoms with E-state index in [0.29, 0.717) is 0 Å². The second kappa shape index (κ2) is 4.94. The molecule has 0 aromatic heterocycles. The Kier molecular flexibility index (Phi) is 4.13. The van der Waals surface area contributed by atoms with Crippen LogP contribution >= 0.6 is 12.2 Å². The van der Waals surface area contributed by atoms with Gasteiger partial charge in [0.2, 0.25) is 0 Å². The van der Waals surface area contributed by atoms with Crippen LogP contribution in [0.25, 0.3) is 0 Å². The molecule has 0 aromatic carbocycles. The topological polar surface area (TPSA) is 33.3 Å². The molecule has 3 nitrogen and oxygen atoms in total. The average Bonchev–Trinajstić information content (AvgIpc) is 2.43. The van der Waals surface area contributed by atoms with Crippen LogP contribution in [0.4, 0.5) is 0 Å². The van der Waals surface area contributed by atoms with Gasteiger partial charge in [0.1, 0.15) is 0 Å². The van der Waals surface area contributed by atoms with E-state index in [0.717, 1.165) is 31.1 Å². The van der Waals surface area contributed by atoms with Gasteiger partial charge in [0.25, 0.3) is 0 Å². The lowest BCUT2D eigenvalue weighted by atomic mass is 9.95. The SMILES string of the molecule is CCCNC(=S)NC1(C)CCOC1C. The molecule has 1 aliphatic heterocycles. The molecular weight excluding hydrogens is 196 g/mol. The van der Waals surface area contributed by atoms with Crippen molar-refractivity contribution in [2.75, 3.05) is 13.2 Å². The van der Waals surface area contributed by atoms with Crippen LogP contribution in [0, 0.1) is 0 Å². The fourth-order valence-electron chi connectivity index (χ4n) is 1.54. The van der Waals surface area contributed by atoms with Crippen molar-refractivity contribution in [2.24, 2.45) is 0 Å². The van der Waals surface area contributed by atoms with Gasteiger partial charge < -0.3 is 15.4 Å². The van der Waals surface area contributed by atoms with Crippen molar-refractivity contribution in [3.63, 3.8) is 0 Å². The van der Waals surface area contributed by atoms with Crippen LogP contribution in [-0.2, 0) is 4.74 Å². The molecule has 0 saturated carbocycles. The van der Waals surface area contributed by atoms with Crippen LogP contribution in [-0.4, -0.2) is 29.9 Å². The molecule has 14 heavy (non-hydrogen) atoms. The molecule has 2 unspecified atom stereocenters. The molecular formula is C10H20N2OS. The molecule has 2 atom stereocenters. The molecule has 4 heteroatoms. The Bertz CT molecular complexity index is 210. The molecule has 1 fully saturated rings. The summed E-state index contributed by atoms with van der Waals surface area (Å²) >= 11 is 5.20. The number of hydrogen-bond acceptors (Lipinski definition) is 2. The van der Waals surface area contributed by atoms with Gasteiger partial charge in [0.05, 0.1) is 11.6 Å². The Morgan fingerprint density at radius 2 is 2.36 bits per heavy atom. The van der Waals surface area contributed by atoms with E-state index in [9.17, 15) is 0 Å². The maximum absolute atomic E-state index is 5.52. The zero-order valence-corrected chi connectivity index (χ0v) is 10.0. The highest BCUT2D eigenvalue weighted by molar-refractivity contribution is 7.80. The van der Waals surface area contributed by atoms with Gasteiger partial charge in [0.15, 0.2) is 5.11 Å². The van der Waals surface area contributed by atoms with Crippen molar-refractivity contribution in [1.29, 1.82) is 0 Å². The maximum Gasteiger partial charge on any atom is 0.166 e. The third-order valence-corrected chi connectivity index (χ3v) is 3.07. The first-order valence-corrected chi connectivity index (χ1v) is 5.67. The van der Waals surface area contributed by atoms with Crippen LogP contribution in [0.1, 0.15) is 33.6 Å². The number of ether oxygens (including phenoxy) is 1. The molecule has 1 aliphatic rings. The minimum atomic E-state index is -0.00216. The molecule has 0 amide bonds. The van der Waals surface area contributed by atoms with E-state index in [1.54, 1.807) is 0 Å². The van der Waals surface area contributed by atoms with Crippen molar-refractivity contribution < 1.29 is 4.74 Å². The first kappa shape index (κ1) is 11.7. The summed E-state index contributed by atoms with van der Waals surface area (Å²) in [5, 5.41) is 7.25. The Hall–Kier alpha value is -0.350. The number of nitrogens with one attached hydrogen (secondary N) is 2. The van der Waals surface area contributed by atoms with E-state index in [1.807, 2.05) is 0 Å². The predicted octanol–water partition coefficient (Wildman–Crippen LogP) is 1.43. The highest BCUT2D eigenvalue weighted by Crippen LogP contribution is 2.24. The highest BCUT2D eigenvalue weighted by Gasteiger charge is 2.37. The van der Waals surface area contributed by atoms with Gasteiger partial charge in [-0.05, 0) is 38.9 Å². The lowest BCUT2D eigenvalue weighted by Gasteiger charge is -2.30. The summed E-state index contributed by atoms with van der Waals surface area (Å²) in [6.07, 6.45) is 2.33. The van der Waals surface area contributed by atoms with Crippen LogP contribution < -0.4 is 10.6 Å².